The Labute approximate surface area is 165 Å². The predicted octanol–water partition coefficient (Wildman–Crippen LogP) is 4.29. The van der Waals surface area contributed by atoms with Gasteiger partial charge in [-0.2, -0.15) is 5.10 Å². The third kappa shape index (κ3) is 3.26. The molecule has 5 heteroatoms. The van der Waals surface area contributed by atoms with Crippen molar-refractivity contribution in [1.29, 1.82) is 0 Å². The molecule has 0 bridgehead atoms. The molecular formula is C19H14N3OY-. The maximum atomic E-state index is 5.89. The smallest absolute Gasteiger partial charge is 0.127 e. The van der Waals surface area contributed by atoms with Crippen LogP contribution in [-0.4, -0.2) is 14.6 Å². The van der Waals surface area contributed by atoms with Crippen LogP contribution in [0.25, 0.3) is 16.9 Å². The first-order valence-corrected chi connectivity index (χ1v) is 7.36. The fraction of sp³-hybridized carbons (Fsp3) is 0.0526. The van der Waals surface area contributed by atoms with E-state index < -0.39 is 0 Å². The third-order valence-electron chi connectivity index (χ3n) is 3.63. The normalized spacial score (nSPS) is 10.4. The molecule has 24 heavy (non-hydrogen) atoms. The van der Waals surface area contributed by atoms with Crippen molar-refractivity contribution in [3.63, 3.8) is 0 Å². The van der Waals surface area contributed by atoms with Gasteiger partial charge in [0.2, 0.25) is 0 Å². The minimum Gasteiger partial charge on any atom is -0.458 e. The molecule has 0 atom stereocenters. The van der Waals surface area contributed by atoms with Crippen molar-refractivity contribution < 1.29 is 37.4 Å². The SMILES string of the molecule is Cc1ccnn2c(-c3cccc(Oc4ccccc4)c3)[c-]nc12.[Y]. The van der Waals surface area contributed by atoms with Gasteiger partial charge < -0.3 is 9.72 Å². The van der Waals surface area contributed by atoms with Crippen molar-refractivity contribution in [2.24, 2.45) is 0 Å². The first kappa shape index (κ1) is 16.8. The van der Waals surface area contributed by atoms with Gasteiger partial charge >= 0.3 is 0 Å². The number of nitrogens with zero attached hydrogens (tertiary/aromatic N) is 3. The molecule has 0 aliphatic carbocycles. The van der Waals surface area contributed by atoms with Crippen molar-refractivity contribution in [3.05, 3.63) is 78.6 Å². The average Bonchev–Trinajstić information content (AvgIpc) is 3.02. The van der Waals surface area contributed by atoms with Crippen molar-refractivity contribution in [1.82, 2.24) is 14.6 Å². The van der Waals surface area contributed by atoms with Gasteiger partial charge in [-0.25, -0.2) is 0 Å². The van der Waals surface area contributed by atoms with Crippen molar-refractivity contribution >= 4 is 5.65 Å². The third-order valence-corrected chi connectivity index (χ3v) is 3.63. The van der Waals surface area contributed by atoms with E-state index in [-0.39, 0.29) is 32.7 Å². The molecule has 0 aliphatic rings. The van der Waals surface area contributed by atoms with Crippen LogP contribution in [0.1, 0.15) is 5.56 Å². The molecule has 4 nitrogen and oxygen atoms in total. The Kier molecular flexibility index (Phi) is 5.07. The minimum atomic E-state index is 0. The second-order valence-electron chi connectivity index (χ2n) is 5.26. The van der Waals surface area contributed by atoms with E-state index in [1.807, 2.05) is 67.6 Å². The van der Waals surface area contributed by atoms with E-state index in [9.17, 15) is 0 Å². The Morgan fingerprint density at radius 2 is 1.75 bits per heavy atom. The zero-order valence-electron chi connectivity index (χ0n) is 13.2. The van der Waals surface area contributed by atoms with Crippen molar-refractivity contribution in [2.45, 2.75) is 6.92 Å². The second kappa shape index (κ2) is 7.24. The van der Waals surface area contributed by atoms with E-state index in [0.717, 1.165) is 34.0 Å². The number of fused-ring (bicyclic) bond motifs is 1. The number of aryl methyl sites for hydroxylation is 1. The molecule has 4 rings (SSSR count). The molecule has 1 radical (unpaired) electrons. The predicted molar refractivity (Wildman–Crippen MR) is 88.5 cm³/mol. The number of imidazole rings is 1. The number of para-hydroxylation sites is 1. The van der Waals surface area contributed by atoms with Gasteiger partial charge in [0, 0.05) is 38.9 Å². The minimum absolute atomic E-state index is 0. The number of hydrogen-bond donors (Lipinski definition) is 0. The quantitative estimate of drug-likeness (QED) is 0.491. The summed E-state index contributed by atoms with van der Waals surface area (Å²) in [5, 5.41) is 4.37. The van der Waals surface area contributed by atoms with E-state index in [1.165, 1.54) is 0 Å². The Morgan fingerprint density at radius 3 is 2.58 bits per heavy atom. The summed E-state index contributed by atoms with van der Waals surface area (Å²) in [6.45, 7) is 2.01. The largest absolute Gasteiger partial charge is 0.458 e. The summed E-state index contributed by atoms with van der Waals surface area (Å²) in [5.74, 6) is 1.57. The van der Waals surface area contributed by atoms with Crippen LogP contribution in [0.3, 0.4) is 0 Å². The summed E-state index contributed by atoms with van der Waals surface area (Å²) < 4.78 is 7.69. The molecule has 0 N–H and O–H groups in total. The Hall–Kier alpha value is -2.04. The van der Waals surface area contributed by atoms with Crippen LogP contribution in [0.15, 0.2) is 66.9 Å². The molecule has 0 saturated carbocycles. The number of ether oxygens (including phenoxy) is 1. The summed E-state index contributed by atoms with van der Waals surface area (Å²) in [6, 6.07) is 19.5. The summed E-state index contributed by atoms with van der Waals surface area (Å²) in [7, 11) is 0. The van der Waals surface area contributed by atoms with Gasteiger partial charge in [-0.1, -0.05) is 47.7 Å². The molecule has 2 heterocycles. The van der Waals surface area contributed by atoms with Gasteiger partial charge in [-0.3, -0.25) is 4.52 Å². The van der Waals surface area contributed by atoms with Gasteiger partial charge in [-0.15, -0.1) is 6.07 Å². The van der Waals surface area contributed by atoms with Crippen LogP contribution < -0.4 is 4.74 Å². The Balaban J connectivity index is 0.00000169. The van der Waals surface area contributed by atoms with Gasteiger partial charge in [-0.05, 0) is 36.9 Å². The van der Waals surface area contributed by atoms with Gasteiger partial charge in [0.15, 0.2) is 0 Å². The van der Waals surface area contributed by atoms with Gasteiger partial charge in [0.1, 0.15) is 11.5 Å². The number of aromatic nitrogens is 3. The Morgan fingerprint density at radius 1 is 0.958 bits per heavy atom. The van der Waals surface area contributed by atoms with Crippen LogP contribution in [0.4, 0.5) is 0 Å². The van der Waals surface area contributed by atoms with Crippen LogP contribution >= 0.6 is 0 Å². The van der Waals surface area contributed by atoms with Crippen LogP contribution in [0.5, 0.6) is 11.5 Å². The fourth-order valence-electron chi connectivity index (χ4n) is 2.48. The monoisotopic (exact) mass is 389 g/mol. The average molecular weight is 389 g/mol. The van der Waals surface area contributed by atoms with Crippen molar-refractivity contribution in [2.75, 3.05) is 0 Å². The van der Waals surface area contributed by atoms with Crippen molar-refractivity contribution in [3.8, 4) is 22.8 Å². The molecule has 0 fully saturated rings. The molecule has 4 aromatic rings. The fourth-order valence-corrected chi connectivity index (χ4v) is 2.48. The van der Waals surface area contributed by atoms with E-state index in [1.54, 1.807) is 10.7 Å². The molecular weight excluding hydrogens is 375 g/mol. The van der Waals surface area contributed by atoms with Gasteiger partial charge in [0.05, 0.1) is 5.65 Å². The topological polar surface area (TPSA) is 39.4 Å². The molecule has 2 aromatic heterocycles. The van der Waals surface area contributed by atoms with Crippen LogP contribution in [0.2, 0.25) is 0 Å². The standard InChI is InChI=1S/C19H14N3O.Y/c1-14-10-11-21-22-18(13-20-19(14)22)15-6-5-9-17(12-15)23-16-7-3-2-4-8-16;/h2-12H,1H3;/q-1;. The van der Waals surface area contributed by atoms with E-state index in [0.29, 0.717) is 0 Å². The molecule has 2 aromatic carbocycles. The number of benzene rings is 2. The molecule has 115 valence electrons. The number of rotatable bonds is 3. The van der Waals surface area contributed by atoms with E-state index in [2.05, 4.69) is 16.3 Å². The van der Waals surface area contributed by atoms with E-state index >= 15 is 0 Å². The summed E-state index contributed by atoms with van der Waals surface area (Å²) in [4.78, 5) is 4.34. The molecule has 0 amide bonds. The zero-order chi connectivity index (χ0) is 15.6. The maximum Gasteiger partial charge on any atom is 0.127 e. The Bertz CT molecular complexity index is 967. The summed E-state index contributed by atoms with van der Waals surface area (Å²) in [6.07, 6.45) is 4.83. The second-order valence-corrected chi connectivity index (χ2v) is 5.26. The van der Waals surface area contributed by atoms with Gasteiger partial charge in [0.25, 0.3) is 0 Å². The molecule has 0 spiro atoms. The summed E-state index contributed by atoms with van der Waals surface area (Å²) >= 11 is 0. The summed E-state index contributed by atoms with van der Waals surface area (Å²) in [5.41, 5.74) is 3.67. The van der Waals surface area contributed by atoms with Crippen LogP contribution in [-0.2, 0) is 32.7 Å². The first-order valence-electron chi connectivity index (χ1n) is 7.36. The first-order chi connectivity index (χ1) is 11.3. The number of hydrogen-bond acceptors (Lipinski definition) is 3. The van der Waals surface area contributed by atoms with E-state index in [4.69, 9.17) is 4.74 Å². The molecule has 0 aliphatic heterocycles. The molecule has 0 saturated heterocycles. The zero-order valence-corrected chi connectivity index (χ0v) is 16.0. The molecule has 0 unspecified atom stereocenters. The van der Waals surface area contributed by atoms with Crippen LogP contribution in [0, 0.1) is 13.1 Å². The maximum absolute atomic E-state index is 5.89.